The number of nitrogens with one attached hydrogen (secondary N) is 1. The van der Waals surface area contributed by atoms with Crippen LogP contribution in [0.15, 0.2) is 48.9 Å². The van der Waals surface area contributed by atoms with Crippen LogP contribution in [0.4, 0.5) is 5.13 Å². The van der Waals surface area contributed by atoms with Crippen LogP contribution in [0.5, 0.6) is 0 Å². The molecule has 0 unspecified atom stereocenters. The van der Waals surface area contributed by atoms with Crippen LogP contribution in [-0.2, 0) is 4.79 Å². The van der Waals surface area contributed by atoms with Crippen LogP contribution in [0.3, 0.4) is 0 Å². The van der Waals surface area contributed by atoms with Gasteiger partial charge in [-0.15, -0.1) is 0 Å². The van der Waals surface area contributed by atoms with Crippen molar-refractivity contribution >= 4 is 34.0 Å². The van der Waals surface area contributed by atoms with Crippen molar-refractivity contribution in [2.75, 3.05) is 5.32 Å². The quantitative estimate of drug-likeness (QED) is 0.643. The van der Waals surface area contributed by atoms with Crippen LogP contribution < -0.4 is 5.32 Å². The number of halogens is 1. The van der Waals surface area contributed by atoms with Gasteiger partial charge in [-0.25, -0.2) is 4.98 Å². The van der Waals surface area contributed by atoms with Crippen molar-refractivity contribution in [1.29, 1.82) is 0 Å². The topological polar surface area (TPSA) is 54.9 Å². The molecule has 0 atom stereocenters. The smallest absolute Gasteiger partial charge is 0.226 e. The Kier molecular flexibility index (Phi) is 5.46. The number of pyridine rings is 1. The molecule has 3 rings (SSSR count). The van der Waals surface area contributed by atoms with E-state index in [0.29, 0.717) is 22.5 Å². The molecule has 0 saturated carbocycles. The van der Waals surface area contributed by atoms with Crippen molar-refractivity contribution in [2.24, 2.45) is 5.92 Å². The molecule has 0 radical (unpaired) electrons. The van der Waals surface area contributed by atoms with E-state index in [-0.39, 0.29) is 5.91 Å². The number of hydrogen-bond acceptors (Lipinski definition) is 4. The highest BCUT2D eigenvalue weighted by atomic mass is 35.5. The Balaban J connectivity index is 1.91. The lowest BCUT2D eigenvalue weighted by Crippen LogP contribution is -2.13. The summed E-state index contributed by atoms with van der Waals surface area (Å²) in [6.45, 7) is 4.03. The first-order chi connectivity index (χ1) is 12.0. The van der Waals surface area contributed by atoms with Crippen LogP contribution in [-0.4, -0.2) is 15.9 Å². The minimum Gasteiger partial charge on any atom is -0.302 e. The molecule has 1 N–H and O–H groups in total. The lowest BCUT2D eigenvalue weighted by Gasteiger charge is -2.08. The summed E-state index contributed by atoms with van der Waals surface area (Å²) in [5.41, 5.74) is 2.85. The highest BCUT2D eigenvalue weighted by Crippen LogP contribution is 2.38. The van der Waals surface area contributed by atoms with Crippen molar-refractivity contribution in [3.8, 4) is 21.6 Å². The molecule has 3 aromatic rings. The first-order valence-electron chi connectivity index (χ1n) is 7.99. The molecule has 25 heavy (non-hydrogen) atoms. The molecular formula is C19H18ClN3OS. The van der Waals surface area contributed by atoms with Crippen molar-refractivity contribution in [3.05, 3.63) is 53.9 Å². The van der Waals surface area contributed by atoms with Gasteiger partial charge in [-0.2, -0.15) is 0 Å². The van der Waals surface area contributed by atoms with Crippen LogP contribution >= 0.6 is 22.9 Å². The number of carbonyl (C=O) groups is 1. The Bertz CT molecular complexity index is 892. The zero-order valence-electron chi connectivity index (χ0n) is 14.0. The van der Waals surface area contributed by atoms with Gasteiger partial charge >= 0.3 is 0 Å². The molecule has 2 heterocycles. The Labute approximate surface area is 155 Å². The summed E-state index contributed by atoms with van der Waals surface area (Å²) in [6, 6.07) is 9.61. The van der Waals surface area contributed by atoms with Gasteiger partial charge in [-0.1, -0.05) is 55.0 Å². The second kappa shape index (κ2) is 7.76. The van der Waals surface area contributed by atoms with E-state index in [1.165, 1.54) is 11.3 Å². The van der Waals surface area contributed by atoms with Gasteiger partial charge < -0.3 is 5.32 Å². The molecule has 2 aromatic heterocycles. The molecule has 6 heteroatoms. The first-order valence-corrected chi connectivity index (χ1v) is 9.19. The van der Waals surface area contributed by atoms with Crippen LogP contribution in [0.1, 0.15) is 20.3 Å². The monoisotopic (exact) mass is 371 g/mol. The van der Waals surface area contributed by atoms with Gasteiger partial charge in [0.05, 0.1) is 4.88 Å². The molecule has 1 aromatic carbocycles. The highest BCUT2D eigenvalue weighted by molar-refractivity contribution is 7.19. The average Bonchev–Trinajstić information content (AvgIpc) is 3.03. The predicted molar refractivity (Wildman–Crippen MR) is 104 cm³/mol. The summed E-state index contributed by atoms with van der Waals surface area (Å²) in [5, 5.41) is 4.13. The molecule has 0 aliphatic carbocycles. The number of hydrogen-bond donors (Lipinski definition) is 1. The Morgan fingerprint density at radius 2 is 1.96 bits per heavy atom. The van der Waals surface area contributed by atoms with Crippen LogP contribution in [0.25, 0.3) is 21.6 Å². The third-order valence-electron chi connectivity index (χ3n) is 3.60. The highest BCUT2D eigenvalue weighted by Gasteiger charge is 2.14. The summed E-state index contributed by atoms with van der Waals surface area (Å²) < 4.78 is 0. The average molecular weight is 372 g/mol. The van der Waals surface area contributed by atoms with E-state index in [1.807, 2.05) is 44.2 Å². The van der Waals surface area contributed by atoms with Crippen molar-refractivity contribution in [1.82, 2.24) is 9.97 Å². The standard InChI is InChI=1S/C19H18ClN3OS/c1-12(2)9-18(24)23-19-22-11-17(25-19)14-7-8-21-10-15(14)13-5-3-4-6-16(13)20/h3-8,10-12H,9H2,1-2H3,(H,22,23,24). The number of anilines is 1. The van der Waals surface area contributed by atoms with E-state index in [4.69, 9.17) is 11.6 Å². The summed E-state index contributed by atoms with van der Waals surface area (Å²) in [7, 11) is 0. The van der Waals surface area contributed by atoms with Crippen molar-refractivity contribution < 1.29 is 4.79 Å². The fourth-order valence-corrected chi connectivity index (χ4v) is 3.61. The molecular weight excluding hydrogens is 354 g/mol. The van der Waals surface area contributed by atoms with Gasteiger partial charge in [0, 0.05) is 46.7 Å². The fourth-order valence-electron chi connectivity index (χ4n) is 2.50. The zero-order chi connectivity index (χ0) is 17.8. The second-order valence-corrected chi connectivity index (χ2v) is 7.51. The van der Waals surface area contributed by atoms with Gasteiger partial charge in [-0.3, -0.25) is 9.78 Å². The lowest BCUT2D eigenvalue weighted by atomic mass is 10.0. The number of rotatable bonds is 5. The Morgan fingerprint density at radius 1 is 1.16 bits per heavy atom. The van der Waals surface area contributed by atoms with E-state index < -0.39 is 0 Å². The summed E-state index contributed by atoms with van der Waals surface area (Å²) >= 11 is 7.79. The van der Waals surface area contributed by atoms with Crippen LogP contribution in [0, 0.1) is 5.92 Å². The van der Waals surface area contributed by atoms with E-state index in [9.17, 15) is 4.79 Å². The second-order valence-electron chi connectivity index (χ2n) is 6.08. The third-order valence-corrected chi connectivity index (χ3v) is 4.87. The van der Waals surface area contributed by atoms with Crippen LogP contribution in [0.2, 0.25) is 5.02 Å². The number of amides is 1. The molecule has 1 amide bonds. The van der Waals surface area contributed by atoms with Gasteiger partial charge in [0.25, 0.3) is 0 Å². The maximum atomic E-state index is 11.9. The maximum absolute atomic E-state index is 11.9. The van der Waals surface area contributed by atoms with Gasteiger partial charge in [-0.05, 0) is 18.1 Å². The molecule has 0 aliphatic heterocycles. The van der Waals surface area contributed by atoms with Gasteiger partial charge in [0.15, 0.2) is 5.13 Å². The zero-order valence-corrected chi connectivity index (χ0v) is 15.6. The molecule has 4 nitrogen and oxygen atoms in total. The van der Waals surface area contributed by atoms with E-state index in [0.717, 1.165) is 21.6 Å². The van der Waals surface area contributed by atoms with E-state index in [2.05, 4.69) is 15.3 Å². The summed E-state index contributed by atoms with van der Waals surface area (Å²) in [5.74, 6) is 0.295. The SMILES string of the molecule is CC(C)CC(=O)Nc1ncc(-c2ccncc2-c2ccccc2Cl)s1. The lowest BCUT2D eigenvalue weighted by molar-refractivity contribution is -0.116. The van der Waals surface area contributed by atoms with Gasteiger partial charge in [0.2, 0.25) is 5.91 Å². The minimum atomic E-state index is -0.0167. The normalized spacial score (nSPS) is 10.9. The third kappa shape index (κ3) is 4.24. The predicted octanol–water partition coefficient (Wildman–Crippen LogP) is 5.51. The Morgan fingerprint density at radius 3 is 2.72 bits per heavy atom. The summed E-state index contributed by atoms with van der Waals surface area (Å²) in [4.78, 5) is 21.4. The number of thiazole rings is 1. The minimum absolute atomic E-state index is 0.0167. The first kappa shape index (κ1) is 17.6. The molecule has 0 saturated heterocycles. The van der Waals surface area contributed by atoms with E-state index in [1.54, 1.807) is 18.6 Å². The van der Waals surface area contributed by atoms with Crippen molar-refractivity contribution in [3.63, 3.8) is 0 Å². The van der Waals surface area contributed by atoms with Gasteiger partial charge in [0.1, 0.15) is 0 Å². The maximum Gasteiger partial charge on any atom is 0.226 e. The molecule has 0 aliphatic rings. The molecule has 0 fully saturated rings. The number of nitrogens with zero attached hydrogens (tertiary/aromatic N) is 2. The molecule has 128 valence electrons. The largest absolute Gasteiger partial charge is 0.302 e. The Hall–Kier alpha value is -2.24. The number of carbonyl (C=O) groups excluding carboxylic acids is 1. The van der Waals surface area contributed by atoms with E-state index >= 15 is 0 Å². The number of benzene rings is 1. The summed E-state index contributed by atoms with van der Waals surface area (Å²) in [6.07, 6.45) is 5.79. The van der Waals surface area contributed by atoms with Crippen molar-refractivity contribution in [2.45, 2.75) is 20.3 Å². The molecule has 0 bridgehead atoms. The fraction of sp³-hybridized carbons (Fsp3) is 0.211. The molecule has 0 spiro atoms. The number of aromatic nitrogens is 2.